The molecule has 0 amide bonds. The number of aromatic nitrogens is 2. The van der Waals surface area contributed by atoms with Gasteiger partial charge in [0.1, 0.15) is 17.9 Å². The first-order valence-corrected chi connectivity index (χ1v) is 12.9. The lowest BCUT2D eigenvalue weighted by molar-refractivity contribution is 0.306. The fraction of sp³-hybridized carbons (Fsp3) is 0.0333. The van der Waals surface area contributed by atoms with Crippen molar-refractivity contribution in [2.75, 3.05) is 0 Å². The number of nitrogens with zero attached hydrogens (tertiary/aromatic N) is 3. The van der Waals surface area contributed by atoms with E-state index in [-0.39, 0.29) is 5.56 Å². The topological polar surface area (TPSA) is 69.6 Å². The van der Waals surface area contributed by atoms with Crippen LogP contribution in [0.3, 0.4) is 0 Å². The Balaban J connectivity index is 1.37. The summed E-state index contributed by atoms with van der Waals surface area (Å²) in [6.45, 7) is 0.406. The molecule has 0 atom stereocenters. The van der Waals surface area contributed by atoms with Gasteiger partial charge in [-0.15, -0.1) is 0 Å². The first-order chi connectivity index (χ1) is 18.5. The number of hydrogen-bond acceptors (Lipinski definition) is 5. The Labute approximate surface area is 230 Å². The van der Waals surface area contributed by atoms with Crippen LogP contribution in [-0.2, 0) is 6.61 Å². The summed E-state index contributed by atoms with van der Waals surface area (Å²) >= 11 is 9.97. The Kier molecular flexibility index (Phi) is 6.54. The molecule has 0 aliphatic rings. The van der Waals surface area contributed by atoms with Gasteiger partial charge in [0.15, 0.2) is 5.76 Å². The molecule has 4 aromatic carbocycles. The van der Waals surface area contributed by atoms with Crippen molar-refractivity contribution in [3.05, 3.63) is 128 Å². The van der Waals surface area contributed by atoms with Crippen molar-refractivity contribution in [2.45, 2.75) is 6.61 Å². The summed E-state index contributed by atoms with van der Waals surface area (Å²) < 4.78 is 14.1. The molecule has 38 heavy (non-hydrogen) atoms. The van der Waals surface area contributed by atoms with E-state index in [4.69, 9.17) is 25.7 Å². The predicted molar refractivity (Wildman–Crippen MR) is 154 cm³/mol. The highest BCUT2D eigenvalue weighted by molar-refractivity contribution is 9.10. The van der Waals surface area contributed by atoms with Gasteiger partial charge in [-0.3, -0.25) is 4.79 Å². The number of rotatable bonds is 6. The summed E-state index contributed by atoms with van der Waals surface area (Å²) in [5, 5.41) is 6.28. The summed E-state index contributed by atoms with van der Waals surface area (Å²) in [6.07, 6.45) is 1.56. The van der Waals surface area contributed by atoms with Gasteiger partial charge in [0.25, 0.3) is 5.56 Å². The van der Waals surface area contributed by atoms with Gasteiger partial charge < -0.3 is 9.15 Å². The van der Waals surface area contributed by atoms with Crippen molar-refractivity contribution >= 4 is 55.6 Å². The summed E-state index contributed by atoms with van der Waals surface area (Å²) in [5.41, 5.74) is 2.67. The monoisotopic (exact) mass is 583 g/mol. The van der Waals surface area contributed by atoms with Crippen LogP contribution >= 0.6 is 27.5 Å². The van der Waals surface area contributed by atoms with E-state index in [0.717, 1.165) is 15.4 Å². The summed E-state index contributed by atoms with van der Waals surface area (Å²) in [6, 6.07) is 29.9. The van der Waals surface area contributed by atoms with Gasteiger partial charge in [0.05, 0.1) is 22.1 Å². The lowest BCUT2D eigenvalue weighted by atomic mass is 10.2. The van der Waals surface area contributed by atoms with E-state index in [9.17, 15) is 4.79 Å². The second-order valence-corrected chi connectivity index (χ2v) is 9.89. The number of hydrogen-bond donors (Lipinski definition) is 0. The van der Waals surface area contributed by atoms with Crippen LogP contribution in [0.1, 0.15) is 11.1 Å². The molecular formula is C30H19BrClN3O3. The first kappa shape index (κ1) is 24.2. The second kappa shape index (κ2) is 10.3. The second-order valence-electron chi connectivity index (χ2n) is 8.57. The molecule has 0 saturated heterocycles. The Bertz CT molecular complexity index is 1880. The van der Waals surface area contributed by atoms with E-state index in [2.05, 4.69) is 21.0 Å². The van der Waals surface area contributed by atoms with Gasteiger partial charge in [-0.2, -0.15) is 9.78 Å². The molecule has 0 spiro atoms. The fourth-order valence-corrected chi connectivity index (χ4v) is 4.71. The summed E-state index contributed by atoms with van der Waals surface area (Å²) in [4.78, 5) is 18.2. The lowest BCUT2D eigenvalue weighted by Crippen LogP contribution is -2.20. The zero-order chi connectivity index (χ0) is 26.1. The third-order valence-electron chi connectivity index (χ3n) is 5.97. The molecule has 0 radical (unpaired) electrons. The maximum absolute atomic E-state index is 13.5. The largest absolute Gasteiger partial charge is 0.487 e. The molecule has 186 valence electrons. The van der Waals surface area contributed by atoms with Gasteiger partial charge in [-0.1, -0.05) is 70.0 Å². The lowest BCUT2D eigenvalue weighted by Gasteiger charge is -2.09. The third kappa shape index (κ3) is 4.86. The van der Waals surface area contributed by atoms with Gasteiger partial charge in [-0.25, -0.2) is 4.98 Å². The van der Waals surface area contributed by atoms with Crippen molar-refractivity contribution in [3.63, 3.8) is 0 Å². The van der Waals surface area contributed by atoms with Crippen LogP contribution in [0.25, 0.3) is 33.5 Å². The van der Waals surface area contributed by atoms with Crippen molar-refractivity contribution in [1.29, 1.82) is 0 Å². The summed E-state index contributed by atoms with van der Waals surface area (Å²) in [7, 11) is 0. The third-order valence-corrected chi connectivity index (χ3v) is 6.76. The Morgan fingerprint density at radius 1 is 0.974 bits per heavy atom. The van der Waals surface area contributed by atoms with Gasteiger partial charge >= 0.3 is 0 Å². The number of halogens is 2. The molecular weight excluding hydrogens is 566 g/mol. The molecule has 6 rings (SSSR count). The SMILES string of the molecule is O=c1c2ccccc2nc(-c2cc3cc(Br)ccc3o2)n1N=Cc1ccc(OCc2ccccc2)c(Cl)c1. The molecule has 2 heterocycles. The molecule has 0 saturated carbocycles. The van der Waals surface area contributed by atoms with E-state index < -0.39 is 0 Å². The van der Waals surface area contributed by atoms with Gasteiger partial charge in [-0.05, 0) is 65.7 Å². The molecule has 0 fully saturated rings. The van der Waals surface area contributed by atoms with Crippen LogP contribution < -0.4 is 10.3 Å². The Hall–Kier alpha value is -4.20. The maximum Gasteiger partial charge on any atom is 0.282 e. The molecule has 2 aromatic heterocycles. The molecule has 0 aliphatic heterocycles. The fourth-order valence-electron chi connectivity index (χ4n) is 4.09. The van der Waals surface area contributed by atoms with Crippen molar-refractivity contribution in [2.24, 2.45) is 5.10 Å². The maximum atomic E-state index is 13.5. The number of furan rings is 1. The van der Waals surface area contributed by atoms with Crippen molar-refractivity contribution < 1.29 is 9.15 Å². The highest BCUT2D eigenvalue weighted by Gasteiger charge is 2.16. The van der Waals surface area contributed by atoms with Crippen LogP contribution in [0.15, 0.2) is 116 Å². The first-order valence-electron chi connectivity index (χ1n) is 11.8. The van der Waals surface area contributed by atoms with Crippen LogP contribution in [0.5, 0.6) is 5.75 Å². The molecule has 0 aliphatic carbocycles. The quantitative estimate of drug-likeness (QED) is 0.188. The number of ether oxygens (including phenoxy) is 1. The van der Waals surface area contributed by atoms with E-state index in [1.165, 1.54) is 4.68 Å². The van der Waals surface area contributed by atoms with E-state index >= 15 is 0 Å². The highest BCUT2D eigenvalue weighted by atomic mass is 79.9. The normalized spacial score (nSPS) is 11.5. The van der Waals surface area contributed by atoms with Gasteiger partial charge in [0.2, 0.25) is 5.82 Å². The Morgan fingerprint density at radius 2 is 1.79 bits per heavy atom. The van der Waals surface area contributed by atoms with E-state index in [1.807, 2.05) is 66.7 Å². The summed E-state index contributed by atoms with van der Waals surface area (Å²) in [5.74, 6) is 1.29. The Morgan fingerprint density at radius 3 is 2.63 bits per heavy atom. The standard InChI is InChI=1S/C30H19BrClN3O3/c31-22-11-13-26-21(15-22)16-28(38-26)29-34-25-9-5-4-8-23(25)30(36)35(29)33-17-20-10-12-27(24(32)14-20)37-18-19-6-2-1-3-7-19/h1-17H,18H2. The van der Waals surface area contributed by atoms with Gasteiger partial charge in [0, 0.05) is 9.86 Å². The smallest absolute Gasteiger partial charge is 0.282 e. The minimum atomic E-state index is -0.308. The van der Waals surface area contributed by atoms with Crippen molar-refractivity contribution in [1.82, 2.24) is 9.66 Å². The number of benzene rings is 4. The van der Waals surface area contributed by atoms with Crippen molar-refractivity contribution in [3.8, 4) is 17.3 Å². The minimum absolute atomic E-state index is 0.297. The predicted octanol–water partition coefficient (Wildman–Crippen LogP) is 7.69. The molecule has 6 nitrogen and oxygen atoms in total. The number of para-hydroxylation sites is 1. The average Bonchev–Trinajstić information content (AvgIpc) is 3.35. The zero-order valence-electron chi connectivity index (χ0n) is 19.8. The molecule has 0 N–H and O–H groups in total. The molecule has 0 unspecified atom stereocenters. The highest BCUT2D eigenvalue weighted by Crippen LogP contribution is 2.29. The zero-order valence-corrected chi connectivity index (χ0v) is 22.2. The van der Waals surface area contributed by atoms with E-state index in [1.54, 1.807) is 36.5 Å². The van der Waals surface area contributed by atoms with Crippen LogP contribution in [0, 0.1) is 0 Å². The van der Waals surface area contributed by atoms with Crippen LogP contribution in [-0.4, -0.2) is 15.9 Å². The van der Waals surface area contributed by atoms with E-state index in [0.29, 0.717) is 51.0 Å². The molecule has 8 heteroatoms. The molecule has 0 bridgehead atoms. The van der Waals surface area contributed by atoms with Crippen LogP contribution in [0.2, 0.25) is 5.02 Å². The minimum Gasteiger partial charge on any atom is -0.487 e. The molecule has 6 aromatic rings. The number of fused-ring (bicyclic) bond motifs is 2. The van der Waals surface area contributed by atoms with Crippen LogP contribution in [0.4, 0.5) is 0 Å². The average molecular weight is 585 g/mol.